The third kappa shape index (κ3) is 4.98. The van der Waals surface area contributed by atoms with Gasteiger partial charge in [-0.15, -0.1) is 0 Å². The van der Waals surface area contributed by atoms with E-state index < -0.39 is 0 Å². The third-order valence-electron chi connectivity index (χ3n) is 3.93. The molecule has 2 nitrogen and oxygen atoms in total. The number of halogens is 1. The molecule has 0 saturated heterocycles. The molecule has 106 valence electrons. The van der Waals surface area contributed by atoms with Crippen molar-refractivity contribution in [3.05, 3.63) is 35.4 Å². The van der Waals surface area contributed by atoms with Crippen LogP contribution in [0, 0.1) is 12.3 Å². The maximum absolute atomic E-state index is 12.0. The van der Waals surface area contributed by atoms with E-state index in [1.807, 2.05) is 24.3 Å². The predicted molar refractivity (Wildman–Crippen MR) is 84.7 cm³/mol. The topological polar surface area (TPSA) is 29.1 Å². The molecule has 1 rings (SSSR count). The van der Waals surface area contributed by atoms with Gasteiger partial charge >= 0.3 is 0 Å². The van der Waals surface area contributed by atoms with Gasteiger partial charge in [0.1, 0.15) is 0 Å². The summed E-state index contributed by atoms with van der Waals surface area (Å²) in [6.45, 7) is 7.15. The lowest BCUT2D eigenvalue weighted by atomic mass is 9.84. The second kappa shape index (κ2) is 7.68. The smallest absolute Gasteiger partial charge is 0.224 e. The largest absolute Gasteiger partial charge is 0.355 e. The highest BCUT2D eigenvalue weighted by molar-refractivity contribution is 9.09. The molecule has 0 unspecified atom stereocenters. The van der Waals surface area contributed by atoms with Crippen molar-refractivity contribution in [3.63, 3.8) is 0 Å². The highest BCUT2D eigenvalue weighted by atomic mass is 79.9. The highest BCUT2D eigenvalue weighted by Gasteiger charge is 2.25. The van der Waals surface area contributed by atoms with Gasteiger partial charge in [0.15, 0.2) is 0 Å². The summed E-state index contributed by atoms with van der Waals surface area (Å²) in [4.78, 5) is 12.0. The molecule has 0 aliphatic carbocycles. The molecule has 1 aromatic rings. The van der Waals surface area contributed by atoms with Crippen molar-refractivity contribution in [2.45, 2.75) is 40.0 Å². The fourth-order valence-corrected chi connectivity index (χ4v) is 2.97. The molecule has 0 aromatic heterocycles. The SMILES string of the molecule is CCC(CC)(CBr)CNC(=O)Cc1ccc(C)cc1. The summed E-state index contributed by atoms with van der Waals surface area (Å²) in [5.41, 5.74) is 2.48. The van der Waals surface area contributed by atoms with E-state index in [4.69, 9.17) is 0 Å². The van der Waals surface area contributed by atoms with Crippen LogP contribution in [0.3, 0.4) is 0 Å². The molecule has 0 bridgehead atoms. The van der Waals surface area contributed by atoms with E-state index in [2.05, 4.69) is 42.0 Å². The molecule has 0 spiro atoms. The van der Waals surface area contributed by atoms with Gasteiger partial charge in [0.2, 0.25) is 5.91 Å². The number of rotatable bonds is 7. The molecule has 1 aromatic carbocycles. The standard InChI is InChI=1S/C16H24BrNO/c1-4-16(5-2,11-17)12-18-15(19)10-14-8-6-13(3)7-9-14/h6-9H,4-5,10-12H2,1-3H3,(H,18,19). The molecule has 19 heavy (non-hydrogen) atoms. The van der Waals surface area contributed by atoms with Crippen LogP contribution in [-0.2, 0) is 11.2 Å². The average Bonchev–Trinajstić information content (AvgIpc) is 2.44. The number of benzene rings is 1. The van der Waals surface area contributed by atoms with Crippen LogP contribution in [0.4, 0.5) is 0 Å². The summed E-state index contributed by atoms with van der Waals surface area (Å²) < 4.78 is 0. The molecular formula is C16H24BrNO. The van der Waals surface area contributed by atoms with Crippen LogP contribution >= 0.6 is 15.9 Å². The minimum Gasteiger partial charge on any atom is -0.355 e. The lowest BCUT2D eigenvalue weighted by Gasteiger charge is -2.29. The van der Waals surface area contributed by atoms with Gasteiger partial charge in [-0.25, -0.2) is 0 Å². The number of aryl methyl sites for hydroxylation is 1. The van der Waals surface area contributed by atoms with Crippen LogP contribution in [0.2, 0.25) is 0 Å². The van der Waals surface area contributed by atoms with Crippen molar-refractivity contribution < 1.29 is 4.79 Å². The Balaban J connectivity index is 2.49. The lowest BCUT2D eigenvalue weighted by Crippen LogP contribution is -2.38. The Morgan fingerprint density at radius 2 is 1.79 bits per heavy atom. The minimum atomic E-state index is 0.107. The molecule has 0 fully saturated rings. The van der Waals surface area contributed by atoms with E-state index in [0.29, 0.717) is 6.42 Å². The molecule has 3 heteroatoms. The molecule has 1 amide bonds. The van der Waals surface area contributed by atoms with Crippen LogP contribution in [0.1, 0.15) is 37.8 Å². The Morgan fingerprint density at radius 1 is 1.21 bits per heavy atom. The number of amides is 1. The molecule has 0 atom stereocenters. The van der Waals surface area contributed by atoms with E-state index in [9.17, 15) is 4.79 Å². The molecular weight excluding hydrogens is 302 g/mol. The van der Waals surface area contributed by atoms with Gasteiger partial charge in [-0.3, -0.25) is 4.79 Å². The Kier molecular flexibility index (Phi) is 6.56. The van der Waals surface area contributed by atoms with Crippen molar-refractivity contribution in [3.8, 4) is 0 Å². The van der Waals surface area contributed by atoms with Crippen LogP contribution in [0.25, 0.3) is 0 Å². The number of nitrogens with one attached hydrogen (secondary N) is 1. The van der Waals surface area contributed by atoms with Crippen molar-refractivity contribution >= 4 is 21.8 Å². The molecule has 0 heterocycles. The number of carbonyl (C=O) groups is 1. The quantitative estimate of drug-likeness (QED) is 0.758. The summed E-state index contributed by atoms with van der Waals surface area (Å²) >= 11 is 3.57. The van der Waals surface area contributed by atoms with Gasteiger partial charge in [-0.2, -0.15) is 0 Å². The lowest BCUT2D eigenvalue weighted by molar-refractivity contribution is -0.120. The first-order valence-corrected chi connectivity index (χ1v) is 8.05. The van der Waals surface area contributed by atoms with E-state index in [1.54, 1.807) is 0 Å². The van der Waals surface area contributed by atoms with E-state index in [-0.39, 0.29) is 11.3 Å². The van der Waals surface area contributed by atoms with Gasteiger partial charge < -0.3 is 5.32 Å². The maximum atomic E-state index is 12.0. The Bertz CT molecular complexity index is 387. The van der Waals surface area contributed by atoms with Gasteiger partial charge in [-0.05, 0) is 30.7 Å². The minimum absolute atomic E-state index is 0.107. The average molecular weight is 326 g/mol. The van der Waals surface area contributed by atoms with Crippen LogP contribution < -0.4 is 5.32 Å². The Labute approximate surface area is 125 Å². The molecule has 0 aliphatic heterocycles. The summed E-state index contributed by atoms with van der Waals surface area (Å²) in [5, 5.41) is 4.00. The second-order valence-electron chi connectivity index (χ2n) is 5.28. The first-order chi connectivity index (χ1) is 9.05. The summed E-state index contributed by atoms with van der Waals surface area (Å²) in [6.07, 6.45) is 2.60. The monoisotopic (exact) mass is 325 g/mol. The highest BCUT2D eigenvalue weighted by Crippen LogP contribution is 2.27. The van der Waals surface area contributed by atoms with Gasteiger partial charge in [-0.1, -0.05) is 59.6 Å². The maximum Gasteiger partial charge on any atom is 0.224 e. The third-order valence-corrected chi connectivity index (χ3v) is 5.12. The summed E-state index contributed by atoms with van der Waals surface area (Å²) in [6, 6.07) is 8.13. The van der Waals surface area contributed by atoms with Crippen molar-refractivity contribution in [2.75, 3.05) is 11.9 Å². The van der Waals surface area contributed by atoms with Crippen molar-refractivity contribution in [2.24, 2.45) is 5.41 Å². The molecule has 1 N–H and O–H groups in total. The number of hydrogen-bond acceptors (Lipinski definition) is 1. The van der Waals surface area contributed by atoms with Crippen molar-refractivity contribution in [1.82, 2.24) is 5.32 Å². The Hall–Kier alpha value is -0.830. The van der Waals surface area contributed by atoms with E-state index >= 15 is 0 Å². The first kappa shape index (κ1) is 16.2. The number of hydrogen-bond donors (Lipinski definition) is 1. The molecule has 0 radical (unpaired) electrons. The summed E-state index contributed by atoms with van der Waals surface area (Å²) in [5.74, 6) is 0.107. The normalized spacial score (nSPS) is 11.4. The first-order valence-electron chi connectivity index (χ1n) is 6.93. The van der Waals surface area contributed by atoms with Crippen LogP contribution in [0.15, 0.2) is 24.3 Å². The second-order valence-corrected chi connectivity index (χ2v) is 5.84. The van der Waals surface area contributed by atoms with Crippen molar-refractivity contribution in [1.29, 1.82) is 0 Å². The number of alkyl halides is 1. The van der Waals surface area contributed by atoms with E-state index in [0.717, 1.165) is 30.3 Å². The predicted octanol–water partition coefficient (Wildman–Crippen LogP) is 3.86. The number of carbonyl (C=O) groups excluding carboxylic acids is 1. The van der Waals surface area contributed by atoms with Crippen LogP contribution in [0.5, 0.6) is 0 Å². The molecule has 0 aliphatic rings. The fraction of sp³-hybridized carbons (Fsp3) is 0.562. The van der Waals surface area contributed by atoms with Gasteiger partial charge in [0.25, 0.3) is 0 Å². The fourth-order valence-electron chi connectivity index (χ4n) is 1.98. The Morgan fingerprint density at radius 3 is 2.26 bits per heavy atom. The summed E-state index contributed by atoms with van der Waals surface area (Å²) in [7, 11) is 0. The van der Waals surface area contributed by atoms with Gasteiger partial charge in [0.05, 0.1) is 6.42 Å². The zero-order valence-corrected chi connectivity index (χ0v) is 13.7. The molecule has 0 saturated carbocycles. The zero-order chi connectivity index (χ0) is 14.3. The van der Waals surface area contributed by atoms with E-state index in [1.165, 1.54) is 5.56 Å². The van der Waals surface area contributed by atoms with Gasteiger partial charge in [0, 0.05) is 11.9 Å². The van der Waals surface area contributed by atoms with Crippen LogP contribution in [-0.4, -0.2) is 17.8 Å². The zero-order valence-electron chi connectivity index (χ0n) is 12.1.